The molecule has 0 unspecified atom stereocenters. The maximum Gasteiger partial charge on any atom is 0.470 e. The lowest BCUT2D eigenvalue weighted by Gasteiger charge is -2.44. The highest BCUT2D eigenvalue weighted by molar-refractivity contribution is 7.46. The lowest BCUT2D eigenvalue weighted by Crippen LogP contribution is -2.61. The van der Waals surface area contributed by atoms with Crippen LogP contribution in [0, 0.1) is 0 Å². The van der Waals surface area contributed by atoms with Gasteiger partial charge in [-0.2, -0.15) is 0 Å². The van der Waals surface area contributed by atoms with Crippen molar-refractivity contribution in [1.29, 1.82) is 0 Å². The normalized spacial score (nSPS) is 32.9. The topological polar surface area (TPSA) is 364 Å². The van der Waals surface area contributed by atoms with E-state index >= 15 is 0 Å². The summed E-state index contributed by atoms with van der Waals surface area (Å²) >= 11 is 0. The first kappa shape index (κ1) is 33.3. The van der Waals surface area contributed by atoms with Crippen molar-refractivity contribution in [3.8, 4) is 0 Å². The number of hydrogen-bond acceptors (Lipinski definition) is 16. The minimum atomic E-state index is -5.49. The first-order valence-corrected chi connectivity index (χ1v) is 16.1. The molecule has 0 aromatic carbocycles. The van der Waals surface area contributed by atoms with Gasteiger partial charge in [0.15, 0.2) is 24.0 Å². The van der Waals surface area contributed by atoms with Crippen molar-refractivity contribution in [2.24, 2.45) is 5.73 Å². The second-order valence-corrected chi connectivity index (χ2v) is 12.5. The summed E-state index contributed by atoms with van der Waals surface area (Å²) in [6, 6.07) is 0. The number of aliphatic hydroxyl groups is 2. The van der Waals surface area contributed by atoms with E-state index in [9.17, 15) is 53.3 Å². The minimum Gasteiger partial charge on any atom is -0.394 e. The number of ether oxygens (including phenoxy) is 3. The van der Waals surface area contributed by atoms with Gasteiger partial charge in [0.25, 0.3) is 0 Å². The molecule has 9 atom stereocenters. The molecular formula is C16H27N6O17P3. The van der Waals surface area contributed by atoms with Gasteiger partial charge in [0.05, 0.1) is 12.9 Å². The first-order chi connectivity index (χ1) is 19.4. The van der Waals surface area contributed by atoms with Crippen molar-refractivity contribution in [2.45, 2.75) is 55.2 Å². The summed E-state index contributed by atoms with van der Waals surface area (Å²) in [6.07, 6.45) is -14.6. The van der Waals surface area contributed by atoms with Gasteiger partial charge < -0.3 is 65.3 Å². The smallest absolute Gasteiger partial charge is 0.394 e. The van der Waals surface area contributed by atoms with Gasteiger partial charge in [-0.15, -0.1) is 0 Å². The first-order valence-electron chi connectivity index (χ1n) is 11.5. The van der Waals surface area contributed by atoms with Crippen LogP contribution in [0.4, 0.5) is 5.82 Å². The average Bonchev–Trinajstić information content (AvgIpc) is 3.42. The number of rotatable bonds is 11. The van der Waals surface area contributed by atoms with Crippen molar-refractivity contribution >= 4 is 40.4 Å². The Labute approximate surface area is 234 Å². The molecule has 26 heteroatoms. The monoisotopic (exact) mass is 668 g/mol. The number of phosphoric ester groups is 3. The molecule has 0 radical (unpaired) electrons. The Hall–Kier alpha value is -1.56. The number of nitrogens with two attached hydrogens (primary N) is 2. The zero-order valence-electron chi connectivity index (χ0n) is 20.8. The van der Waals surface area contributed by atoms with E-state index in [1.165, 1.54) is 4.57 Å². The van der Waals surface area contributed by atoms with Gasteiger partial charge in [-0.1, -0.05) is 0 Å². The molecule has 4 heterocycles. The number of nitrogens with zero attached hydrogens (tertiary/aromatic N) is 4. The van der Waals surface area contributed by atoms with E-state index in [2.05, 4.69) is 24.0 Å². The Kier molecular flexibility index (Phi) is 9.88. The Morgan fingerprint density at radius 2 is 1.45 bits per heavy atom. The molecule has 0 saturated carbocycles. The van der Waals surface area contributed by atoms with Crippen LogP contribution in [0.2, 0.25) is 0 Å². The number of nitrogen functional groups attached to an aromatic ring is 1. The van der Waals surface area contributed by atoms with E-state index in [0.717, 1.165) is 12.7 Å². The lowest BCUT2D eigenvalue weighted by molar-refractivity contribution is -0.312. The summed E-state index contributed by atoms with van der Waals surface area (Å²) in [5, 5.41) is 20.7. The fourth-order valence-electron chi connectivity index (χ4n) is 4.49. The molecule has 2 aliphatic heterocycles. The molecule has 238 valence electrons. The molecule has 2 aliphatic rings. The fraction of sp³-hybridized carbons (Fsp3) is 0.688. The van der Waals surface area contributed by atoms with E-state index in [1.807, 2.05) is 0 Å². The van der Waals surface area contributed by atoms with Gasteiger partial charge in [-0.05, 0) is 0 Å². The van der Waals surface area contributed by atoms with Crippen LogP contribution in [0.5, 0.6) is 0 Å². The maximum absolute atomic E-state index is 11.9. The SMILES string of the molecule is NC[C@H]1O[C@@H](n2cnc3c(N)ncnc32)[C@H](OP(=O)(O)O)[C@@H]1O[C@H]1O[C@H](CO)[C@@H](OP(=O)(O)O)[C@H](OP(=O)(O)O)[C@H]1O. The summed E-state index contributed by atoms with van der Waals surface area (Å²) in [5.41, 5.74) is 11.7. The molecule has 2 aromatic heterocycles. The summed E-state index contributed by atoms with van der Waals surface area (Å²) in [4.78, 5) is 68.3. The van der Waals surface area contributed by atoms with E-state index in [0.29, 0.717) is 0 Å². The molecule has 12 N–H and O–H groups in total. The Bertz CT molecular complexity index is 1400. The van der Waals surface area contributed by atoms with Crippen molar-refractivity contribution in [3.63, 3.8) is 0 Å². The maximum atomic E-state index is 11.9. The van der Waals surface area contributed by atoms with Crippen LogP contribution in [-0.4, -0.2) is 121 Å². The molecule has 0 aliphatic carbocycles. The van der Waals surface area contributed by atoms with Gasteiger partial charge in [-0.25, -0.2) is 28.6 Å². The summed E-state index contributed by atoms with van der Waals surface area (Å²) < 4.78 is 67.1. The number of hydrogen-bond donors (Lipinski definition) is 10. The summed E-state index contributed by atoms with van der Waals surface area (Å²) in [5.74, 6) is -0.0377. The molecule has 0 amide bonds. The highest BCUT2D eigenvalue weighted by Gasteiger charge is 2.56. The zero-order chi connectivity index (χ0) is 31.2. The quantitative estimate of drug-likeness (QED) is 0.102. The highest BCUT2D eigenvalue weighted by atomic mass is 31.2. The van der Waals surface area contributed by atoms with Crippen LogP contribution >= 0.6 is 23.5 Å². The predicted molar refractivity (Wildman–Crippen MR) is 130 cm³/mol. The predicted octanol–water partition coefficient (Wildman–Crippen LogP) is -3.84. The summed E-state index contributed by atoms with van der Waals surface area (Å²) in [7, 11) is -16.2. The van der Waals surface area contributed by atoms with Gasteiger partial charge in [0, 0.05) is 6.54 Å². The van der Waals surface area contributed by atoms with Crippen molar-refractivity contribution in [2.75, 3.05) is 18.9 Å². The highest BCUT2D eigenvalue weighted by Crippen LogP contribution is 2.49. The van der Waals surface area contributed by atoms with E-state index in [4.69, 9.17) is 30.2 Å². The molecule has 2 aromatic rings. The third kappa shape index (κ3) is 7.56. The van der Waals surface area contributed by atoms with Gasteiger partial charge >= 0.3 is 23.5 Å². The van der Waals surface area contributed by atoms with E-state index in [-0.39, 0.29) is 17.0 Å². The third-order valence-corrected chi connectivity index (χ3v) is 7.60. The van der Waals surface area contributed by atoms with Gasteiger partial charge in [0.1, 0.15) is 54.6 Å². The Balaban J connectivity index is 1.71. The minimum absolute atomic E-state index is 0.0377. The molecule has 0 bridgehead atoms. The molecule has 2 saturated heterocycles. The molecule has 42 heavy (non-hydrogen) atoms. The van der Waals surface area contributed by atoms with Crippen LogP contribution in [0.15, 0.2) is 12.7 Å². The van der Waals surface area contributed by atoms with Crippen molar-refractivity contribution in [3.05, 3.63) is 12.7 Å². The average molecular weight is 668 g/mol. The second kappa shape index (κ2) is 12.4. The van der Waals surface area contributed by atoms with E-state index < -0.39 is 91.9 Å². The number of imidazole rings is 1. The summed E-state index contributed by atoms with van der Waals surface area (Å²) in [6.45, 7) is -1.50. The lowest BCUT2D eigenvalue weighted by atomic mass is 9.99. The van der Waals surface area contributed by atoms with Crippen LogP contribution in [0.3, 0.4) is 0 Å². The molecule has 0 spiro atoms. The zero-order valence-corrected chi connectivity index (χ0v) is 23.5. The third-order valence-electron chi connectivity index (χ3n) is 6.04. The number of fused-ring (bicyclic) bond motifs is 1. The number of anilines is 1. The number of aliphatic hydroxyl groups excluding tert-OH is 2. The molecule has 2 fully saturated rings. The Morgan fingerprint density at radius 3 is 2.02 bits per heavy atom. The van der Waals surface area contributed by atoms with Crippen LogP contribution in [0.1, 0.15) is 6.23 Å². The largest absolute Gasteiger partial charge is 0.470 e. The molecule has 4 rings (SSSR count). The molecule has 23 nitrogen and oxygen atoms in total. The standard InChI is InChI=1S/C16H27N6O17P3/c17-1-5-9(12(39-42(31,32)33)15(34-5)22-4-21-7-13(18)19-3-20-14(7)22)36-16-8(24)11(38-41(28,29)30)10(6(2-23)35-16)37-40(25,26)27/h3-6,8-12,15-16,23-24H,1-2,17H2,(H2,18,19,20)(H2,25,26,27)(H2,28,29,30)(H2,31,32,33)/t5-,6-,8-,9-,10-,11-,12-,15-,16-/m1/s1. The second-order valence-electron chi connectivity index (χ2n) is 8.88. The van der Waals surface area contributed by atoms with Gasteiger partial charge in [-0.3, -0.25) is 18.1 Å². The Morgan fingerprint density at radius 1 is 0.857 bits per heavy atom. The molecular weight excluding hydrogens is 641 g/mol. The van der Waals surface area contributed by atoms with Crippen molar-refractivity contribution in [1.82, 2.24) is 19.5 Å². The van der Waals surface area contributed by atoms with Crippen molar-refractivity contribution < 1.29 is 81.1 Å². The van der Waals surface area contributed by atoms with Crippen LogP contribution in [0.25, 0.3) is 11.2 Å². The van der Waals surface area contributed by atoms with Crippen LogP contribution in [-0.2, 0) is 41.5 Å². The fourth-order valence-corrected chi connectivity index (χ4v) is 6.16. The number of phosphoric acid groups is 3. The number of aromatic nitrogens is 4. The van der Waals surface area contributed by atoms with E-state index in [1.54, 1.807) is 0 Å². The van der Waals surface area contributed by atoms with Gasteiger partial charge in [0.2, 0.25) is 0 Å². The van der Waals surface area contributed by atoms with Crippen LogP contribution < -0.4 is 11.5 Å².